The molecule has 1 saturated heterocycles. The zero-order chi connectivity index (χ0) is 14.9. The molecule has 0 radical (unpaired) electrons. The van der Waals surface area contributed by atoms with Crippen LogP contribution in [0.5, 0.6) is 0 Å². The van der Waals surface area contributed by atoms with Gasteiger partial charge in [0.05, 0.1) is 6.04 Å². The first-order valence-corrected chi connectivity index (χ1v) is 7.60. The molecule has 20 heavy (non-hydrogen) atoms. The smallest absolute Gasteiger partial charge is 0.241 e. The molecule has 110 valence electrons. The first-order chi connectivity index (χ1) is 9.45. The molecule has 3 unspecified atom stereocenters. The Morgan fingerprint density at radius 3 is 2.30 bits per heavy atom. The van der Waals surface area contributed by atoms with Crippen molar-refractivity contribution < 1.29 is 4.79 Å². The number of amides is 1. The van der Waals surface area contributed by atoms with Crippen LogP contribution in [0.15, 0.2) is 24.3 Å². The highest BCUT2D eigenvalue weighted by Crippen LogP contribution is 2.30. The Bertz CT molecular complexity index is 466. The van der Waals surface area contributed by atoms with Gasteiger partial charge in [-0.3, -0.25) is 10.1 Å². The summed E-state index contributed by atoms with van der Waals surface area (Å²) >= 11 is 0. The van der Waals surface area contributed by atoms with Crippen molar-refractivity contribution in [2.45, 2.75) is 59.3 Å². The van der Waals surface area contributed by atoms with Gasteiger partial charge in [-0.05, 0) is 31.7 Å². The predicted molar refractivity (Wildman–Crippen MR) is 82.3 cm³/mol. The third-order valence-corrected chi connectivity index (χ3v) is 4.39. The number of carbonyl (C=O) groups is 1. The van der Waals surface area contributed by atoms with Crippen LogP contribution in [-0.4, -0.2) is 22.9 Å². The minimum Gasteiger partial charge on any atom is -0.319 e. The van der Waals surface area contributed by atoms with E-state index in [-0.39, 0.29) is 24.2 Å². The van der Waals surface area contributed by atoms with Gasteiger partial charge in [-0.2, -0.15) is 0 Å². The van der Waals surface area contributed by atoms with Crippen LogP contribution in [0.1, 0.15) is 51.4 Å². The molecule has 1 amide bonds. The van der Waals surface area contributed by atoms with Gasteiger partial charge in [0, 0.05) is 6.04 Å². The highest BCUT2D eigenvalue weighted by Gasteiger charge is 2.41. The van der Waals surface area contributed by atoms with E-state index >= 15 is 0 Å². The zero-order valence-corrected chi connectivity index (χ0v) is 13.2. The topological polar surface area (TPSA) is 32.3 Å². The zero-order valence-electron chi connectivity index (χ0n) is 13.2. The predicted octanol–water partition coefficient (Wildman–Crippen LogP) is 3.25. The maximum atomic E-state index is 12.6. The van der Waals surface area contributed by atoms with Gasteiger partial charge in [-0.25, -0.2) is 0 Å². The summed E-state index contributed by atoms with van der Waals surface area (Å²) in [6.45, 7) is 10.6. The van der Waals surface area contributed by atoms with E-state index in [1.54, 1.807) is 0 Å². The van der Waals surface area contributed by atoms with E-state index in [1.165, 1.54) is 11.1 Å². The van der Waals surface area contributed by atoms with E-state index in [2.05, 4.69) is 64.2 Å². The van der Waals surface area contributed by atoms with Crippen molar-refractivity contribution in [3.8, 4) is 0 Å². The van der Waals surface area contributed by atoms with Crippen LogP contribution in [0.3, 0.4) is 0 Å². The van der Waals surface area contributed by atoms with Gasteiger partial charge >= 0.3 is 0 Å². The van der Waals surface area contributed by atoms with Crippen molar-refractivity contribution in [2.24, 2.45) is 5.92 Å². The Balaban J connectivity index is 2.33. The van der Waals surface area contributed by atoms with Crippen LogP contribution in [-0.2, 0) is 4.79 Å². The lowest BCUT2D eigenvalue weighted by atomic mass is 10.0. The summed E-state index contributed by atoms with van der Waals surface area (Å²) in [6, 6.07) is 8.65. The largest absolute Gasteiger partial charge is 0.319 e. The second-order valence-corrected chi connectivity index (χ2v) is 6.17. The van der Waals surface area contributed by atoms with E-state index in [0.717, 1.165) is 6.42 Å². The molecule has 3 atom stereocenters. The quantitative estimate of drug-likeness (QED) is 0.914. The molecule has 3 heteroatoms. The van der Waals surface area contributed by atoms with Crippen LogP contribution >= 0.6 is 0 Å². The number of nitrogens with one attached hydrogen (secondary N) is 1. The second-order valence-electron chi connectivity index (χ2n) is 6.17. The molecule has 1 aliphatic heterocycles. The highest BCUT2D eigenvalue weighted by atomic mass is 16.2. The van der Waals surface area contributed by atoms with Crippen molar-refractivity contribution in [1.29, 1.82) is 0 Å². The van der Waals surface area contributed by atoms with Crippen LogP contribution in [0.25, 0.3) is 0 Å². The fourth-order valence-corrected chi connectivity index (χ4v) is 2.70. The van der Waals surface area contributed by atoms with E-state index < -0.39 is 0 Å². The molecule has 1 fully saturated rings. The van der Waals surface area contributed by atoms with Gasteiger partial charge in [-0.15, -0.1) is 0 Å². The maximum absolute atomic E-state index is 12.6. The molecule has 1 aromatic carbocycles. The maximum Gasteiger partial charge on any atom is 0.241 e. The molecule has 0 spiro atoms. The van der Waals surface area contributed by atoms with Crippen molar-refractivity contribution in [3.63, 3.8) is 0 Å². The summed E-state index contributed by atoms with van der Waals surface area (Å²) in [6.07, 6.45) is 0.841. The number of hydrogen-bond donors (Lipinski definition) is 1. The fourth-order valence-electron chi connectivity index (χ4n) is 2.70. The average molecular weight is 274 g/mol. The van der Waals surface area contributed by atoms with Crippen molar-refractivity contribution in [3.05, 3.63) is 35.4 Å². The number of benzene rings is 1. The standard InChI is InChI=1S/C17H26N2O/c1-6-15-17(20)19(13(5)11(2)3)16(18-15)14-9-7-12(4)8-10-14/h7-11,13,15-16,18H,6H2,1-5H3. The summed E-state index contributed by atoms with van der Waals surface area (Å²) in [4.78, 5) is 14.6. The molecule has 1 N–H and O–H groups in total. The first kappa shape index (κ1) is 15.0. The molecule has 1 heterocycles. The van der Waals surface area contributed by atoms with E-state index in [1.807, 2.05) is 4.90 Å². The van der Waals surface area contributed by atoms with E-state index in [4.69, 9.17) is 0 Å². The molecule has 3 nitrogen and oxygen atoms in total. The van der Waals surface area contributed by atoms with Crippen molar-refractivity contribution >= 4 is 5.91 Å². The van der Waals surface area contributed by atoms with Crippen LogP contribution in [0.4, 0.5) is 0 Å². The SMILES string of the molecule is CCC1NC(c2ccc(C)cc2)N(C(C)C(C)C)C1=O. The monoisotopic (exact) mass is 274 g/mol. The lowest BCUT2D eigenvalue weighted by Crippen LogP contribution is -2.41. The van der Waals surface area contributed by atoms with E-state index in [0.29, 0.717) is 5.92 Å². The van der Waals surface area contributed by atoms with Crippen LogP contribution in [0.2, 0.25) is 0 Å². The summed E-state index contributed by atoms with van der Waals surface area (Å²) in [7, 11) is 0. The third kappa shape index (κ3) is 2.73. The van der Waals surface area contributed by atoms with Crippen molar-refractivity contribution in [2.75, 3.05) is 0 Å². The Morgan fingerprint density at radius 2 is 1.80 bits per heavy atom. The van der Waals surface area contributed by atoms with Gasteiger partial charge in [0.2, 0.25) is 5.91 Å². The molecular weight excluding hydrogens is 248 g/mol. The molecule has 1 aliphatic rings. The lowest BCUT2D eigenvalue weighted by Gasteiger charge is -2.33. The number of rotatable bonds is 4. The normalized spacial score (nSPS) is 24.5. The third-order valence-electron chi connectivity index (χ3n) is 4.39. The van der Waals surface area contributed by atoms with Gasteiger partial charge < -0.3 is 4.90 Å². The molecule has 2 rings (SSSR count). The summed E-state index contributed by atoms with van der Waals surface area (Å²) in [5.74, 6) is 0.684. The Morgan fingerprint density at radius 1 is 1.20 bits per heavy atom. The number of hydrogen-bond acceptors (Lipinski definition) is 2. The molecule has 1 aromatic rings. The fraction of sp³-hybridized carbons (Fsp3) is 0.588. The van der Waals surface area contributed by atoms with Crippen molar-refractivity contribution in [1.82, 2.24) is 10.2 Å². The average Bonchev–Trinajstić information content (AvgIpc) is 2.75. The lowest BCUT2D eigenvalue weighted by molar-refractivity contribution is -0.133. The Labute approximate surface area is 122 Å². The van der Waals surface area contributed by atoms with Gasteiger partial charge in [0.1, 0.15) is 6.17 Å². The summed E-state index contributed by atoms with van der Waals surface area (Å²) in [5.41, 5.74) is 2.42. The number of nitrogens with zero attached hydrogens (tertiary/aromatic N) is 1. The second kappa shape index (κ2) is 5.96. The first-order valence-electron chi connectivity index (χ1n) is 7.60. The Hall–Kier alpha value is -1.35. The van der Waals surface area contributed by atoms with E-state index in [9.17, 15) is 4.79 Å². The number of aryl methyl sites for hydroxylation is 1. The number of carbonyl (C=O) groups excluding carboxylic acids is 1. The molecule has 0 saturated carbocycles. The minimum absolute atomic E-state index is 0.00505. The molecular formula is C17H26N2O. The van der Waals surface area contributed by atoms with Crippen LogP contribution in [0, 0.1) is 12.8 Å². The van der Waals surface area contributed by atoms with Gasteiger partial charge in [0.25, 0.3) is 0 Å². The molecule has 0 aromatic heterocycles. The molecule has 0 aliphatic carbocycles. The van der Waals surface area contributed by atoms with Gasteiger partial charge in [0.15, 0.2) is 0 Å². The summed E-state index contributed by atoms with van der Waals surface area (Å²) in [5, 5.41) is 3.49. The molecule has 0 bridgehead atoms. The minimum atomic E-state index is -0.0532. The summed E-state index contributed by atoms with van der Waals surface area (Å²) < 4.78 is 0. The highest BCUT2D eigenvalue weighted by molar-refractivity contribution is 5.84. The van der Waals surface area contributed by atoms with Crippen LogP contribution < -0.4 is 5.32 Å². The Kier molecular flexibility index (Phi) is 4.48. The van der Waals surface area contributed by atoms with Gasteiger partial charge in [-0.1, -0.05) is 50.6 Å².